The first-order chi connectivity index (χ1) is 12.6. The van der Waals surface area contributed by atoms with Crippen LogP contribution in [-0.4, -0.2) is 21.9 Å². The molecule has 1 aromatic carbocycles. The number of hydrogen-bond donors (Lipinski definition) is 1. The Morgan fingerprint density at radius 2 is 2.04 bits per heavy atom. The standard InChI is InChI=1S/C19H16ClN3O2S/c1-23(9-12-4-6-13(20)7-5-12)10-16-21-18(24)17-14(11-26-19(17)22-16)15-3-2-8-25-15/h2-8,11H,9-10H2,1H3,(H,21,22,24). The van der Waals surface area contributed by atoms with Crippen molar-refractivity contribution in [3.63, 3.8) is 0 Å². The molecule has 0 aliphatic heterocycles. The SMILES string of the molecule is CN(Cc1ccc(Cl)cc1)Cc1nc2scc(-c3ccco3)c2c(=O)[nH]1. The zero-order chi connectivity index (χ0) is 18.1. The molecule has 0 amide bonds. The lowest BCUT2D eigenvalue weighted by Crippen LogP contribution is -2.21. The van der Waals surface area contributed by atoms with Gasteiger partial charge in [-0.1, -0.05) is 23.7 Å². The zero-order valence-corrected chi connectivity index (χ0v) is 15.6. The molecule has 4 rings (SSSR count). The van der Waals surface area contributed by atoms with Crippen LogP contribution in [0.5, 0.6) is 0 Å². The van der Waals surface area contributed by atoms with Gasteiger partial charge in [0.2, 0.25) is 0 Å². The molecule has 0 saturated heterocycles. The maximum Gasteiger partial charge on any atom is 0.260 e. The van der Waals surface area contributed by atoms with Crippen LogP contribution in [0.15, 0.2) is 57.3 Å². The number of thiophene rings is 1. The summed E-state index contributed by atoms with van der Waals surface area (Å²) in [6.07, 6.45) is 1.60. The fourth-order valence-corrected chi connectivity index (χ4v) is 3.97. The van der Waals surface area contributed by atoms with Crippen LogP contribution in [-0.2, 0) is 13.1 Å². The lowest BCUT2D eigenvalue weighted by atomic mass is 10.2. The second-order valence-electron chi connectivity index (χ2n) is 6.12. The normalized spacial score (nSPS) is 11.5. The van der Waals surface area contributed by atoms with Crippen molar-refractivity contribution in [2.45, 2.75) is 13.1 Å². The van der Waals surface area contributed by atoms with Gasteiger partial charge < -0.3 is 9.40 Å². The van der Waals surface area contributed by atoms with Gasteiger partial charge in [0.25, 0.3) is 5.56 Å². The first-order valence-electron chi connectivity index (χ1n) is 8.07. The van der Waals surface area contributed by atoms with E-state index in [9.17, 15) is 4.79 Å². The number of nitrogens with zero attached hydrogens (tertiary/aromatic N) is 2. The molecular formula is C19H16ClN3O2S. The van der Waals surface area contributed by atoms with Gasteiger partial charge in [0, 0.05) is 22.5 Å². The van der Waals surface area contributed by atoms with Gasteiger partial charge in [0.15, 0.2) is 0 Å². The molecule has 0 aliphatic rings. The number of H-pyrrole nitrogens is 1. The zero-order valence-electron chi connectivity index (χ0n) is 14.0. The van der Waals surface area contributed by atoms with Crippen LogP contribution in [0.2, 0.25) is 5.02 Å². The van der Waals surface area contributed by atoms with E-state index in [1.54, 1.807) is 12.3 Å². The number of halogens is 1. The summed E-state index contributed by atoms with van der Waals surface area (Å²) < 4.78 is 5.42. The van der Waals surface area contributed by atoms with Crippen LogP contribution in [0.1, 0.15) is 11.4 Å². The highest BCUT2D eigenvalue weighted by molar-refractivity contribution is 7.17. The summed E-state index contributed by atoms with van der Waals surface area (Å²) in [6.45, 7) is 1.28. The van der Waals surface area contributed by atoms with E-state index in [0.29, 0.717) is 23.5 Å². The average Bonchev–Trinajstić information content (AvgIpc) is 3.26. The predicted molar refractivity (Wildman–Crippen MR) is 105 cm³/mol. The van der Waals surface area contributed by atoms with Crippen molar-refractivity contribution >= 4 is 33.2 Å². The average molecular weight is 386 g/mol. The molecule has 0 spiro atoms. The summed E-state index contributed by atoms with van der Waals surface area (Å²) in [4.78, 5) is 22.9. The third-order valence-electron chi connectivity index (χ3n) is 4.07. The number of fused-ring (bicyclic) bond motifs is 1. The minimum absolute atomic E-state index is 0.141. The number of aromatic amines is 1. The lowest BCUT2D eigenvalue weighted by molar-refractivity contribution is 0.311. The number of hydrogen-bond acceptors (Lipinski definition) is 5. The number of nitrogens with one attached hydrogen (secondary N) is 1. The van der Waals surface area contributed by atoms with Crippen molar-refractivity contribution in [2.24, 2.45) is 0 Å². The van der Waals surface area contributed by atoms with Crippen molar-refractivity contribution in [1.29, 1.82) is 0 Å². The van der Waals surface area contributed by atoms with Crippen LogP contribution in [0.4, 0.5) is 0 Å². The smallest absolute Gasteiger partial charge is 0.260 e. The molecule has 0 fully saturated rings. The maximum absolute atomic E-state index is 12.6. The molecule has 0 radical (unpaired) electrons. The van der Waals surface area contributed by atoms with E-state index in [1.807, 2.05) is 42.8 Å². The Balaban J connectivity index is 1.57. The van der Waals surface area contributed by atoms with Gasteiger partial charge in [-0.25, -0.2) is 4.98 Å². The molecule has 0 aliphatic carbocycles. The molecule has 0 unspecified atom stereocenters. The van der Waals surface area contributed by atoms with E-state index in [0.717, 1.165) is 27.5 Å². The summed E-state index contributed by atoms with van der Waals surface area (Å²) in [5.74, 6) is 1.32. The van der Waals surface area contributed by atoms with Crippen molar-refractivity contribution in [3.05, 3.63) is 74.8 Å². The van der Waals surface area contributed by atoms with Crippen molar-refractivity contribution in [3.8, 4) is 11.3 Å². The van der Waals surface area contributed by atoms with Crippen molar-refractivity contribution in [2.75, 3.05) is 7.05 Å². The molecule has 3 heterocycles. The van der Waals surface area contributed by atoms with Gasteiger partial charge in [-0.3, -0.25) is 9.69 Å². The Labute approximate surface area is 158 Å². The Hall–Kier alpha value is -2.41. The molecule has 3 aromatic heterocycles. The second-order valence-corrected chi connectivity index (χ2v) is 7.41. The van der Waals surface area contributed by atoms with Gasteiger partial charge >= 0.3 is 0 Å². The largest absolute Gasteiger partial charge is 0.464 e. The van der Waals surface area contributed by atoms with Crippen LogP contribution in [0.3, 0.4) is 0 Å². The lowest BCUT2D eigenvalue weighted by Gasteiger charge is -2.16. The maximum atomic E-state index is 12.6. The molecule has 5 nitrogen and oxygen atoms in total. The third-order valence-corrected chi connectivity index (χ3v) is 5.19. The number of furan rings is 1. The third kappa shape index (κ3) is 3.44. The first-order valence-corrected chi connectivity index (χ1v) is 9.33. The number of benzene rings is 1. The summed E-state index contributed by atoms with van der Waals surface area (Å²) in [5, 5.41) is 3.21. The highest BCUT2D eigenvalue weighted by Crippen LogP contribution is 2.30. The monoisotopic (exact) mass is 385 g/mol. The van der Waals surface area contributed by atoms with Crippen LogP contribution in [0, 0.1) is 0 Å². The second kappa shape index (κ2) is 7.07. The van der Waals surface area contributed by atoms with E-state index in [1.165, 1.54) is 11.3 Å². The Morgan fingerprint density at radius 1 is 1.23 bits per heavy atom. The fourth-order valence-electron chi connectivity index (χ4n) is 2.89. The van der Waals surface area contributed by atoms with Gasteiger partial charge in [-0.15, -0.1) is 11.3 Å². The minimum Gasteiger partial charge on any atom is -0.464 e. The number of rotatable bonds is 5. The van der Waals surface area contributed by atoms with Crippen LogP contribution < -0.4 is 5.56 Å². The molecule has 26 heavy (non-hydrogen) atoms. The fraction of sp³-hybridized carbons (Fsp3) is 0.158. The quantitative estimate of drug-likeness (QED) is 0.548. The predicted octanol–water partition coefficient (Wildman–Crippen LogP) is 4.53. The van der Waals surface area contributed by atoms with E-state index in [4.69, 9.17) is 16.0 Å². The number of aromatic nitrogens is 2. The highest BCUT2D eigenvalue weighted by atomic mass is 35.5. The minimum atomic E-state index is -0.141. The molecular weight excluding hydrogens is 370 g/mol. The van der Waals surface area contributed by atoms with E-state index in [2.05, 4.69) is 14.9 Å². The first kappa shape index (κ1) is 17.0. The highest BCUT2D eigenvalue weighted by Gasteiger charge is 2.15. The molecule has 132 valence electrons. The molecule has 0 atom stereocenters. The Kier molecular flexibility index (Phi) is 4.63. The van der Waals surface area contributed by atoms with Gasteiger partial charge in [-0.2, -0.15) is 0 Å². The van der Waals surface area contributed by atoms with Crippen LogP contribution in [0.25, 0.3) is 21.5 Å². The van der Waals surface area contributed by atoms with E-state index < -0.39 is 0 Å². The summed E-state index contributed by atoms with van der Waals surface area (Å²) >= 11 is 7.37. The molecule has 0 saturated carbocycles. The summed E-state index contributed by atoms with van der Waals surface area (Å²) in [5.41, 5.74) is 1.79. The van der Waals surface area contributed by atoms with Crippen molar-refractivity contribution < 1.29 is 4.42 Å². The molecule has 7 heteroatoms. The topological polar surface area (TPSA) is 62.1 Å². The Morgan fingerprint density at radius 3 is 2.77 bits per heavy atom. The summed E-state index contributed by atoms with van der Waals surface area (Å²) in [7, 11) is 1.99. The van der Waals surface area contributed by atoms with E-state index in [-0.39, 0.29) is 5.56 Å². The van der Waals surface area contributed by atoms with Gasteiger partial charge in [0.1, 0.15) is 16.4 Å². The van der Waals surface area contributed by atoms with Gasteiger partial charge in [-0.05, 0) is 36.9 Å². The van der Waals surface area contributed by atoms with Crippen LogP contribution >= 0.6 is 22.9 Å². The van der Waals surface area contributed by atoms with Gasteiger partial charge in [0.05, 0.1) is 18.2 Å². The molecule has 0 bridgehead atoms. The molecule has 1 N–H and O–H groups in total. The van der Waals surface area contributed by atoms with Crippen molar-refractivity contribution in [1.82, 2.24) is 14.9 Å². The summed E-state index contributed by atoms with van der Waals surface area (Å²) in [6, 6.07) is 11.4. The Bertz CT molecular complexity index is 1080. The van der Waals surface area contributed by atoms with E-state index >= 15 is 0 Å². The molecule has 4 aromatic rings.